The summed E-state index contributed by atoms with van der Waals surface area (Å²) in [6.45, 7) is 15.8. The highest BCUT2D eigenvalue weighted by Gasteiger charge is 2.44. The van der Waals surface area contributed by atoms with Crippen molar-refractivity contribution >= 4 is 203 Å². The molecule has 18 heteroatoms. The maximum atomic E-state index is 14.0. The first kappa shape index (κ1) is 61.9. The Morgan fingerprint density at radius 3 is 0.700 bits per heavy atom. The molecule has 4 atom stereocenters. The lowest BCUT2D eigenvalue weighted by Gasteiger charge is -2.34. The van der Waals surface area contributed by atoms with E-state index in [0.29, 0.717) is 144 Å². The average molecular weight is 1320 g/mol. The third-order valence-corrected chi connectivity index (χ3v) is 21.2. The fourth-order valence-corrected chi connectivity index (χ4v) is 16.8. The van der Waals surface area contributed by atoms with Crippen molar-refractivity contribution in [1.29, 1.82) is 0 Å². The van der Waals surface area contributed by atoms with E-state index in [0.717, 1.165) is 73.9 Å². The lowest BCUT2D eigenvalue weighted by molar-refractivity contribution is 0.0527. The number of rotatable bonds is 16. The number of amides is 8. The summed E-state index contributed by atoms with van der Waals surface area (Å²) in [7, 11) is 0. The van der Waals surface area contributed by atoms with Crippen molar-refractivity contribution in [3.05, 3.63) is 135 Å². The number of nitrogens with zero attached hydrogens (tertiary/aromatic N) is 4. The average Bonchev–Trinajstić information content (AvgIpc) is 0.690. The van der Waals surface area contributed by atoms with Gasteiger partial charge in [-0.25, -0.2) is 0 Å². The topological polar surface area (TPSA) is 150 Å². The van der Waals surface area contributed by atoms with Gasteiger partial charge < -0.3 is 0 Å². The Labute approximate surface area is 549 Å². The SMILES string of the molecule is CCCCC(C)N1C(=O)c2cc(Cl)c3c4c(Cl)cc5c6c(cc(Cl)c(c7c(Cl)cc(c2c37)C1=O)c64)C(=O)N(C(C)CCCC)C5=O.CCCCC(C)N1C(=O)c2ccc3c4c(Cl)cc5c6c(cc(Cl)c(c7ccc(c2c37)C1=O)c64)C(=O)N(C(C)CCCC)C5=O. The summed E-state index contributed by atoms with van der Waals surface area (Å²) in [6.07, 6.45) is 10.1. The summed E-state index contributed by atoms with van der Waals surface area (Å²) in [5.41, 5.74) is 2.86. The molecule has 0 aromatic heterocycles. The zero-order valence-corrected chi connectivity index (χ0v) is 55.4. The van der Waals surface area contributed by atoms with Crippen molar-refractivity contribution in [1.82, 2.24) is 19.6 Å². The highest BCUT2D eigenvalue weighted by molar-refractivity contribution is 6.57. The molecule has 0 saturated carbocycles. The number of carbonyl (C=O) groups is 8. The molecule has 10 aromatic rings. The van der Waals surface area contributed by atoms with Crippen molar-refractivity contribution in [2.24, 2.45) is 0 Å². The molecule has 90 heavy (non-hydrogen) atoms. The molecule has 4 heterocycles. The Morgan fingerprint density at radius 1 is 0.267 bits per heavy atom. The van der Waals surface area contributed by atoms with E-state index >= 15 is 0 Å². The number of benzene rings is 10. The second kappa shape index (κ2) is 23.0. The van der Waals surface area contributed by atoms with Crippen molar-refractivity contribution in [3.63, 3.8) is 0 Å². The molecular formula is C72H62Cl6N4O8. The highest BCUT2D eigenvalue weighted by atomic mass is 35.5. The third kappa shape index (κ3) is 8.80. The quantitative estimate of drug-likeness (QED) is 0.0527. The van der Waals surface area contributed by atoms with Crippen LogP contribution in [0.2, 0.25) is 30.1 Å². The Kier molecular flexibility index (Phi) is 15.9. The van der Waals surface area contributed by atoms with Crippen molar-refractivity contribution in [2.75, 3.05) is 0 Å². The van der Waals surface area contributed by atoms with Gasteiger partial charge in [-0.05, 0) is 118 Å². The predicted octanol–water partition coefficient (Wildman–Crippen LogP) is 20.1. The molecule has 4 aliphatic rings. The van der Waals surface area contributed by atoms with Gasteiger partial charge in [0.05, 0.1) is 33.4 Å². The minimum absolute atomic E-state index is 0.230. The lowest BCUT2D eigenvalue weighted by Crippen LogP contribution is -2.46. The van der Waals surface area contributed by atoms with Crippen LogP contribution in [0.25, 0.3) is 86.2 Å². The second-order valence-electron chi connectivity index (χ2n) is 24.9. The zero-order valence-electron chi connectivity index (χ0n) is 50.9. The third-order valence-electron chi connectivity index (χ3n) is 19.4. The van der Waals surface area contributed by atoms with Gasteiger partial charge in [0, 0.05) is 135 Å². The number of halogens is 6. The van der Waals surface area contributed by atoms with Gasteiger partial charge in [-0.1, -0.05) is 161 Å². The molecule has 14 rings (SSSR count). The first-order chi connectivity index (χ1) is 43.1. The lowest BCUT2D eigenvalue weighted by atomic mass is 9.81. The molecule has 0 bridgehead atoms. The molecule has 460 valence electrons. The molecule has 0 spiro atoms. The van der Waals surface area contributed by atoms with Crippen LogP contribution in [0.3, 0.4) is 0 Å². The number of imide groups is 4. The molecule has 0 aliphatic carbocycles. The van der Waals surface area contributed by atoms with Gasteiger partial charge >= 0.3 is 0 Å². The van der Waals surface area contributed by atoms with Crippen molar-refractivity contribution in [2.45, 2.75) is 157 Å². The smallest absolute Gasteiger partial charge is 0.261 e. The fraction of sp³-hybridized carbons (Fsp3) is 0.333. The van der Waals surface area contributed by atoms with Gasteiger partial charge in [-0.2, -0.15) is 0 Å². The maximum Gasteiger partial charge on any atom is 0.261 e. The molecule has 12 nitrogen and oxygen atoms in total. The Hall–Kier alpha value is -6.90. The van der Waals surface area contributed by atoms with Crippen LogP contribution < -0.4 is 0 Å². The summed E-state index contributed by atoms with van der Waals surface area (Å²) in [5, 5.41) is 10.6. The highest BCUT2D eigenvalue weighted by Crippen LogP contribution is 2.55. The Bertz CT molecular complexity index is 4510. The molecule has 4 unspecified atom stereocenters. The van der Waals surface area contributed by atoms with Gasteiger partial charge in [-0.3, -0.25) is 58.0 Å². The summed E-state index contributed by atoms with van der Waals surface area (Å²) in [4.78, 5) is 117. The van der Waals surface area contributed by atoms with Crippen molar-refractivity contribution in [3.8, 4) is 0 Å². The maximum absolute atomic E-state index is 14.0. The minimum Gasteiger partial charge on any atom is -0.272 e. The van der Waals surface area contributed by atoms with Gasteiger partial charge in [0.25, 0.3) is 47.3 Å². The molecule has 0 saturated heterocycles. The standard InChI is InChI=1S/C36H30Cl4N2O4.C36H32Cl2N2O4/c1-5-7-9-15(3)41-33(43)17-11-21(37)27-29-23(39)13-19-26-20(36(46)42(35(19)45)16(4)10-8-6-2)14-24(40)30(32(26)29)28-22(38)12-18(34(41)44)25(17)31(27)28;1-5-7-9-17(3)39-33(41)21-13-11-19-27-20(12-14-22(28(21)27)34(39)42)31-26(38)16-24-29-23(15-25(37)30(19)32(29)31)35(43)40(36(24)44)18(4)10-8-6-2/h11-16H,5-10H2,1-4H3;11-18H,5-10H2,1-4H3. The molecule has 8 amide bonds. The molecule has 10 aromatic carbocycles. The van der Waals surface area contributed by atoms with E-state index in [4.69, 9.17) is 69.6 Å². The number of hydrogen-bond donors (Lipinski definition) is 0. The van der Waals surface area contributed by atoms with Gasteiger partial charge in [-0.15, -0.1) is 0 Å². The van der Waals surface area contributed by atoms with E-state index in [1.54, 1.807) is 48.5 Å². The van der Waals surface area contributed by atoms with Gasteiger partial charge in [0.2, 0.25) is 0 Å². The largest absolute Gasteiger partial charge is 0.272 e. The Morgan fingerprint density at radius 2 is 0.467 bits per heavy atom. The summed E-state index contributed by atoms with van der Waals surface area (Å²) >= 11 is 42.3. The van der Waals surface area contributed by atoms with Crippen LogP contribution in [0.1, 0.15) is 215 Å². The molecule has 0 radical (unpaired) electrons. The fourth-order valence-electron chi connectivity index (χ4n) is 15.0. The molecule has 0 N–H and O–H groups in total. The van der Waals surface area contributed by atoms with E-state index in [-0.39, 0.29) is 67.9 Å². The van der Waals surface area contributed by atoms with Crippen LogP contribution in [-0.4, -0.2) is 91.0 Å². The van der Waals surface area contributed by atoms with E-state index in [1.807, 2.05) is 39.8 Å². The van der Waals surface area contributed by atoms with E-state index in [9.17, 15) is 38.4 Å². The molecule has 0 fully saturated rings. The predicted molar refractivity (Wildman–Crippen MR) is 363 cm³/mol. The first-order valence-corrected chi connectivity index (χ1v) is 33.4. The van der Waals surface area contributed by atoms with Crippen LogP contribution in [0, 0.1) is 0 Å². The Balaban J connectivity index is 0.000000165. The second-order valence-corrected chi connectivity index (χ2v) is 27.3. The zero-order chi connectivity index (χ0) is 64.1. The molecular weight excluding hydrogens is 1260 g/mol. The van der Waals surface area contributed by atoms with Gasteiger partial charge in [0.1, 0.15) is 0 Å². The number of carbonyl (C=O) groups excluding carboxylic acids is 8. The number of hydrogen-bond acceptors (Lipinski definition) is 8. The first-order valence-electron chi connectivity index (χ1n) is 31.1. The summed E-state index contributed by atoms with van der Waals surface area (Å²) in [6, 6.07) is 15.8. The van der Waals surface area contributed by atoms with E-state index in [2.05, 4.69) is 27.7 Å². The normalized spacial score (nSPS) is 16.3. The summed E-state index contributed by atoms with van der Waals surface area (Å²) in [5.74, 6) is -3.05. The van der Waals surface area contributed by atoms with E-state index in [1.165, 1.54) is 19.6 Å². The minimum atomic E-state index is -0.426. The monoisotopic (exact) mass is 1320 g/mol. The number of fused-ring (bicyclic) bond motifs is 4. The molecule has 4 aliphatic heterocycles. The van der Waals surface area contributed by atoms with Crippen LogP contribution in [-0.2, 0) is 0 Å². The van der Waals surface area contributed by atoms with Crippen LogP contribution in [0.15, 0.2) is 60.7 Å². The van der Waals surface area contributed by atoms with Crippen LogP contribution in [0.5, 0.6) is 0 Å². The van der Waals surface area contributed by atoms with Crippen LogP contribution >= 0.6 is 69.6 Å². The van der Waals surface area contributed by atoms with Crippen LogP contribution in [0.4, 0.5) is 0 Å². The van der Waals surface area contributed by atoms with E-state index < -0.39 is 23.6 Å². The van der Waals surface area contributed by atoms with Crippen molar-refractivity contribution < 1.29 is 38.4 Å². The number of unbranched alkanes of at least 4 members (excludes halogenated alkanes) is 4. The summed E-state index contributed by atoms with van der Waals surface area (Å²) < 4.78 is 0. The van der Waals surface area contributed by atoms with Gasteiger partial charge in [0.15, 0.2) is 0 Å².